The van der Waals surface area contributed by atoms with Gasteiger partial charge in [-0.25, -0.2) is 0 Å². The molecule has 21 heavy (non-hydrogen) atoms. The van der Waals surface area contributed by atoms with Gasteiger partial charge in [-0.2, -0.15) is 0 Å². The Bertz CT molecular complexity index is 628. The van der Waals surface area contributed by atoms with Crippen molar-refractivity contribution in [3.63, 3.8) is 0 Å². The minimum atomic E-state index is -3.37. The van der Waals surface area contributed by atoms with Crippen LogP contribution in [-0.2, 0) is 13.6 Å². The van der Waals surface area contributed by atoms with Crippen LogP contribution in [0.4, 0.5) is 5.69 Å². The molecule has 1 N–H and O–H groups in total. The van der Waals surface area contributed by atoms with E-state index < -0.39 is 13.4 Å². The van der Waals surface area contributed by atoms with Crippen LogP contribution in [0.5, 0.6) is 0 Å². The fraction of sp³-hybridized carbons (Fsp3) is 0.200. The third kappa shape index (κ3) is 3.86. The largest absolute Gasteiger partial charge is 0.368 e. The smallest absolute Gasteiger partial charge is 0.356 e. The van der Waals surface area contributed by atoms with Crippen LogP contribution in [0.3, 0.4) is 0 Å². The molecule has 4 nitrogen and oxygen atoms in total. The van der Waals surface area contributed by atoms with Crippen LogP contribution in [0, 0.1) is 0 Å². The summed E-state index contributed by atoms with van der Waals surface area (Å²) in [6, 6.07) is 16.6. The second kappa shape index (κ2) is 7.10. The summed E-state index contributed by atoms with van der Waals surface area (Å²) < 4.78 is 23.1. The Morgan fingerprint density at radius 2 is 1.71 bits per heavy atom. The summed E-state index contributed by atoms with van der Waals surface area (Å²) in [5, 5.41) is 3.75. The van der Waals surface area contributed by atoms with Crippen LogP contribution in [0.15, 0.2) is 54.6 Å². The highest BCUT2D eigenvalue weighted by Crippen LogP contribution is 2.59. The van der Waals surface area contributed by atoms with E-state index in [1.165, 1.54) is 14.2 Å². The molecule has 0 amide bonds. The molecule has 0 aliphatic carbocycles. The van der Waals surface area contributed by atoms with Crippen LogP contribution in [0.1, 0.15) is 11.3 Å². The summed E-state index contributed by atoms with van der Waals surface area (Å²) in [6.07, 6.45) is 0. The van der Waals surface area contributed by atoms with Crippen molar-refractivity contribution >= 4 is 24.9 Å². The normalized spacial score (nSPS) is 12.9. The second-order valence-corrected chi connectivity index (χ2v) is 7.14. The molecular formula is C15H17ClNO3P. The third-order valence-electron chi connectivity index (χ3n) is 3.07. The molecular weight excluding hydrogens is 309 g/mol. The van der Waals surface area contributed by atoms with E-state index in [0.29, 0.717) is 5.02 Å². The van der Waals surface area contributed by atoms with Crippen molar-refractivity contribution in [2.75, 3.05) is 19.5 Å². The summed E-state index contributed by atoms with van der Waals surface area (Å²) in [6.45, 7) is 0. The van der Waals surface area contributed by atoms with E-state index in [4.69, 9.17) is 20.6 Å². The van der Waals surface area contributed by atoms with Gasteiger partial charge in [0.15, 0.2) is 5.78 Å². The number of hydrogen-bond donors (Lipinski definition) is 1. The molecule has 1 unspecified atom stereocenters. The molecule has 0 fully saturated rings. The number of rotatable bonds is 6. The Kier molecular flexibility index (Phi) is 5.43. The molecule has 6 heteroatoms. The topological polar surface area (TPSA) is 47.6 Å². The molecule has 0 saturated heterocycles. The maximum Gasteiger partial charge on any atom is 0.356 e. The summed E-state index contributed by atoms with van der Waals surface area (Å²) in [4.78, 5) is 0. The number of para-hydroxylation sites is 1. The first kappa shape index (κ1) is 16.1. The summed E-state index contributed by atoms with van der Waals surface area (Å²) in [5.74, 6) is -0.645. The average molecular weight is 326 g/mol. The third-order valence-corrected chi connectivity index (χ3v) is 5.38. The standard InChI is InChI=1S/C15H17ClNO3P/c1-19-21(18,20-2)15(12-7-6-8-13(16)11-12)17-14-9-4-3-5-10-14/h3-11,15,17H,1-2H3. The first-order valence-electron chi connectivity index (χ1n) is 6.37. The van der Waals surface area contributed by atoms with Gasteiger partial charge >= 0.3 is 7.60 Å². The van der Waals surface area contributed by atoms with Gasteiger partial charge in [-0.1, -0.05) is 41.9 Å². The lowest BCUT2D eigenvalue weighted by atomic mass is 10.2. The monoisotopic (exact) mass is 325 g/mol. The van der Waals surface area contributed by atoms with Gasteiger partial charge in [-0.05, 0) is 29.8 Å². The van der Waals surface area contributed by atoms with Crippen molar-refractivity contribution in [3.05, 3.63) is 65.2 Å². The summed E-state index contributed by atoms with van der Waals surface area (Å²) in [7, 11) is -0.629. The lowest BCUT2D eigenvalue weighted by Crippen LogP contribution is -2.13. The van der Waals surface area contributed by atoms with Crippen molar-refractivity contribution in [3.8, 4) is 0 Å². The highest BCUT2D eigenvalue weighted by molar-refractivity contribution is 7.54. The maximum absolute atomic E-state index is 12.8. The molecule has 2 rings (SSSR count). The Balaban J connectivity index is 2.42. The maximum atomic E-state index is 12.8. The van der Waals surface area contributed by atoms with E-state index in [1.54, 1.807) is 18.2 Å². The Morgan fingerprint density at radius 1 is 1.05 bits per heavy atom. The van der Waals surface area contributed by atoms with E-state index in [1.807, 2.05) is 36.4 Å². The van der Waals surface area contributed by atoms with Crippen LogP contribution in [0.25, 0.3) is 0 Å². The first-order chi connectivity index (χ1) is 10.1. The molecule has 0 radical (unpaired) electrons. The lowest BCUT2D eigenvalue weighted by molar-refractivity contribution is 0.268. The summed E-state index contributed by atoms with van der Waals surface area (Å²) >= 11 is 6.03. The molecule has 112 valence electrons. The Morgan fingerprint density at radius 3 is 2.29 bits per heavy atom. The van der Waals surface area contributed by atoms with Gasteiger partial charge in [0.05, 0.1) is 0 Å². The highest BCUT2D eigenvalue weighted by atomic mass is 35.5. The highest BCUT2D eigenvalue weighted by Gasteiger charge is 2.35. The van der Waals surface area contributed by atoms with Crippen molar-refractivity contribution in [1.29, 1.82) is 0 Å². The first-order valence-corrected chi connectivity index (χ1v) is 8.36. The fourth-order valence-corrected chi connectivity index (χ4v) is 3.60. The van der Waals surface area contributed by atoms with Crippen LogP contribution in [-0.4, -0.2) is 14.2 Å². The number of hydrogen-bond acceptors (Lipinski definition) is 4. The molecule has 1 atom stereocenters. The average Bonchev–Trinajstić information content (AvgIpc) is 2.53. The van der Waals surface area contributed by atoms with Gasteiger partial charge in [0, 0.05) is 24.9 Å². The zero-order valence-electron chi connectivity index (χ0n) is 11.8. The Hall–Kier alpha value is -1.32. The predicted octanol–water partition coefficient (Wildman–Crippen LogP) is 4.94. The summed E-state index contributed by atoms with van der Waals surface area (Å²) in [5.41, 5.74) is 1.55. The van der Waals surface area contributed by atoms with Crippen molar-refractivity contribution in [1.82, 2.24) is 0 Å². The van der Waals surface area contributed by atoms with E-state index in [-0.39, 0.29) is 0 Å². The SMILES string of the molecule is COP(=O)(OC)C(Nc1ccccc1)c1cccc(Cl)c1. The van der Waals surface area contributed by atoms with Gasteiger partial charge in [0.25, 0.3) is 0 Å². The number of benzene rings is 2. The van der Waals surface area contributed by atoms with Crippen molar-refractivity contribution < 1.29 is 13.6 Å². The number of anilines is 1. The predicted molar refractivity (Wildman–Crippen MR) is 85.9 cm³/mol. The lowest BCUT2D eigenvalue weighted by Gasteiger charge is -2.26. The van der Waals surface area contributed by atoms with E-state index in [9.17, 15) is 4.57 Å². The minimum absolute atomic E-state index is 0.561. The van der Waals surface area contributed by atoms with Crippen molar-refractivity contribution in [2.24, 2.45) is 0 Å². The molecule has 2 aromatic rings. The van der Waals surface area contributed by atoms with E-state index in [0.717, 1.165) is 11.3 Å². The molecule has 0 aliphatic heterocycles. The van der Waals surface area contributed by atoms with Gasteiger partial charge in [-0.3, -0.25) is 4.57 Å². The molecule has 0 bridgehead atoms. The zero-order chi connectivity index (χ0) is 15.3. The van der Waals surface area contributed by atoms with Gasteiger partial charge < -0.3 is 14.4 Å². The molecule has 0 saturated carbocycles. The molecule has 0 aliphatic rings. The zero-order valence-corrected chi connectivity index (χ0v) is 13.5. The molecule has 2 aromatic carbocycles. The minimum Gasteiger partial charge on any atom is -0.368 e. The van der Waals surface area contributed by atoms with Crippen LogP contribution >= 0.6 is 19.2 Å². The molecule has 0 aromatic heterocycles. The van der Waals surface area contributed by atoms with Gasteiger partial charge in [0.1, 0.15) is 0 Å². The Labute approximate surface area is 129 Å². The fourth-order valence-electron chi connectivity index (χ4n) is 2.00. The van der Waals surface area contributed by atoms with Gasteiger partial charge in [0.2, 0.25) is 0 Å². The quantitative estimate of drug-likeness (QED) is 0.764. The van der Waals surface area contributed by atoms with Crippen LogP contribution in [0.2, 0.25) is 5.02 Å². The molecule has 0 heterocycles. The molecule has 0 spiro atoms. The van der Waals surface area contributed by atoms with E-state index >= 15 is 0 Å². The number of nitrogens with one attached hydrogen (secondary N) is 1. The van der Waals surface area contributed by atoms with Gasteiger partial charge in [-0.15, -0.1) is 0 Å². The van der Waals surface area contributed by atoms with Crippen LogP contribution < -0.4 is 5.32 Å². The van der Waals surface area contributed by atoms with Crippen molar-refractivity contribution in [2.45, 2.75) is 5.78 Å². The second-order valence-electron chi connectivity index (χ2n) is 4.37. The van der Waals surface area contributed by atoms with E-state index in [2.05, 4.69) is 5.32 Å². The number of halogens is 1.